The van der Waals surface area contributed by atoms with E-state index >= 15 is 0 Å². The van der Waals surface area contributed by atoms with Gasteiger partial charge in [0.1, 0.15) is 0 Å². The number of carbonyl (C=O) groups excluding carboxylic acids is 2. The SMILES string of the molecule is C[C@H]1[C@@H](C)CCC[C@H]1NC(=O)[C@H](C)OC(=O)c1cc(S(N)(=O)=O)ccc1Cl. The monoisotopic (exact) mass is 416 g/mol. The summed E-state index contributed by atoms with van der Waals surface area (Å²) in [6, 6.07) is 3.51. The molecule has 0 saturated heterocycles. The van der Waals surface area contributed by atoms with E-state index in [4.69, 9.17) is 21.5 Å². The minimum absolute atomic E-state index is 0.00901. The van der Waals surface area contributed by atoms with Crippen molar-refractivity contribution in [1.29, 1.82) is 0 Å². The number of hydrogen-bond donors (Lipinski definition) is 2. The summed E-state index contributed by atoms with van der Waals surface area (Å²) in [6.07, 6.45) is 2.02. The average molecular weight is 417 g/mol. The lowest BCUT2D eigenvalue weighted by Gasteiger charge is -2.35. The third-order valence-corrected chi connectivity index (χ3v) is 6.41. The summed E-state index contributed by atoms with van der Waals surface area (Å²) in [7, 11) is -4.00. The molecule has 9 heteroatoms. The summed E-state index contributed by atoms with van der Waals surface area (Å²) in [6.45, 7) is 5.72. The molecule has 1 fully saturated rings. The van der Waals surface area contributed by atoms with Gasteiger partial charge in [-0.2, -0.15) is 0 Å². The first-order valence-corrected chi connectivity index (χ1v) is 10.8. The number of rotatable bonds is 5. The van der Waals surface area contributed by atoms with Gasteiger partial charge in [0.2, 0.25) is 10.0 Å². The smallest absolute Gasteiger partial charge is 0.340 e. The molecule has 0 radical (unpaired) electrons. The van der Waals surface area contributed by atoms with E-state index in [1.165, 1.54) is 19.1 Å². The maximum Gasteiger partial charge on any atom is 0.340 e. The topological polar surface area (TPSA) is 116 Å². The lowest BCUT2D eigenvalue weighted by Crippen LogP contribution is -2.47. The molecule has 0 heterocycles. The van der Waals surface area contributed by atoms with E-state index in [1.54, 1.807) is 0 Å². The third-order valence-electron chi connectivity index (χ3n) is 5.17. The average Bonchev–Trinajstić information content (AvgIpc) is 2.58. The minimum Gasteiger partial charge on any atom is -0.449 e. The highest BCUT2D eigenvalue weighted by molar-refractivity contribution is 7.89. The fourth-order valence-corrected chi connectivity index (χ4v) is 3.94. The fraction of sp³-hybridized carbons (Fsp3) is 0.556. The number of nitrogens with two attached hydrogens (primary N) is 1. The summed E-state index contributed by atoms with van der Waals surface area (Å²) >= 11 is 5.96. The number of nitrogens with one attached hydrogen (secondary N) is 1. The first-order valence-electron chi connectivity index (χ1n) is 8.84. The Hall–Kier alpha value is -1.64. The Bertz CT molecular complexity index is 827. The second-order valence-electron chi connectivity index (χ2n) is 7.12. The Balaban J connectivity index is 2.06. The van der Waals surface area contributed by atoms with Crippen LogP contribution in [-0.2, 0) is 19.6 Å². The molecule has 1 aromatic carbocycles. The van der Waals surface area contributed by atoms with E-state index in [0.29, 0.717) is 11.8 Å². The maximum atomic E-state index is 12.4. The predicted octanol–water partition coefficient (Wildman–Crippen LogP) is 2.47. The van der Waals surface area contributed by atoms with Crippen LogP contribution < -0.4 is 10.5 Å². The van der Waals surface area contributed by atoms with Gasteiger partial charge < -0.3 is 10.1 Å². The van der Waals surface area contributed by atoms with Crippen molar-refractivity contribution in [3.63, 3.8) is 0 Å². The van der Waals surface area contributed by atoms with Crippen LogP contribution in [0.25, 0.3) is 0 Å². The Morgan fingerprint density at radius 1 is 1.30 bits per heavy atom. The van der Waals surface area contributed by atoms with Gasteiger partial charge in [0.15, 0.2) is 6.10 Å². The fourth-order valence-electron chi connectivity index (χ4n) is 3.20. The van der Waals surface area contributed by atoms with E-state index < -0.39 is 28.0 Å². The van der Waals surface area contributed by atoms with Crippen molar-refractivity contribution < 1.29 is 22.7 Å². The lowest BCUT2D eigenvalue weighted by atomic mass is 9.78. The summed E-state index contributed by atoms with van der Waals surface area (Å²) < 4.78 is 28.1. The highest BCUT2D eigenvalue weighted by Gasteiger charge is 2.30. The zero-order valence-electron chi connectivity index (χ0n) is 15.6. The number of sulfonamides is 1. The number of primary sulfonamides is 1. The van der Waals surface area contributed by atoms with Crippen molar-refractivity contribution in [3.8, 4) is 0 Å². The van der Waals surface area contributed by atoms with Gasteiger partial charge in [-0.1, -0.05) is 38.3 Å². The number of amides is 1. The number of ether oxygens (including phenoxy) is 1. The largest absolute Gasteiger partial charge is 0.449 e. The molecule has 27 heavy (non-hydrogen) atoms. The number of benzene rings is 1. The predicted molar refractivity (Wildman–Crippen MR) is 102 cm³/mol. The van der Waals surface area contributed by atoms with E-state index in [0.717, 1.165) is 25.3 Å². The first kappa shape index (κ1) is 21.7. The molecular weight excluding hydrogens is 392 g/mol. The van der Waals surface area contributed by atoms with Crippen LogP contribution in [0.5, 0.6) is 0 Å². The Morgan fingerprint density at radius 2 is 1.96 bits per heavy atom. The van der Waals surface area contributed by atoms with Crippen LogP contribution in [0.2, 0.25) is 5.02 Å². The molecule has 0 aromatic heterocycles. The van der Waals surface area contributed by atoms with Crippen LogP contribution in [0.15, 0.2) is 23.1 Å². The van der Waals surface area contributed by atoms with Gasteiger partial charge >= 0.3 is 5.97 Å². The molecule has 0 aliphatic heterocycles. The molecule has 1 aromatic rings. The van der Waals surface area contributed by atoms with Crippen LogP contribution in [0.4, 0.5) is 0 Å². The third kappa shape index (κ3) is 5.43. The minimum atomic E-state index is -4.00. The second-order valence-corrected chi connectivity index (χ2v) is 9.09. The van der Waals surface area contributed by atoms with Gasteiger partial charge in [-0.05, 0) is 43.4 Å². The van der Waals surface area contributed by atoms with E-state index in [2.05, 4.69) is 19.2 Å². The summed E-state index contributed by atoms with van der Waals surface area (Å²) in [5.41, 5.74) is -0.164. The molecule has 4 atom stereocenters. The molecule has 1 amide bonds. The summed E-state index contributed by atoms with van der Waals surface area (Å²) in [5, 5.41) is 8.02. The van der Waals surface area contributed by atoms with E-state index in [1.807, 2.05) is 0 Å². The molecule has 0 spiro atoms. The van der Waals surface area contributed by atoms with Crippen molar-refractivity contribution in [1.82, 2.24) is 5.32 Å². The molecule has 7 nitrogen and oxygen atoms in total. The van der Waals surface area contributed by atoms with Crippen molar-refractivity contribution in [2.45, 2.75) is 57.1 Å². The highest BCUT2D eigenvalue weighted by Crippen LogP contribution is 2.29. The van der Waals surface area contributed by atoms with Gasteiger partial charge in [0.25, 0.3) is 5.91 Å². The van der Waals surface area contributed by atoms with Gasteiger partial charge in [-0.3, -0.25) is 4.79 Å². The molecule has 0 unspecified atom stereocenters. The molecule has 150 valence electrons. The van der Waals surface area contributed by atoms with Crippen molar-refractivity contribution in [3.05, 3.63) is 28.8 Å². The van der Waals surface area contributed by atoms with Crippen LogP contribution in [0.1, 0.15) is 50.4 Å². The molecule has 2 rings (SSSR count). The number of carbonyl (C=O) groups is 2. The van der Waals surface area contributed by atoms with Gasteiger partial charge in [0.05, 0.1) is 15.5 Å². The first-order chi connectivity index (χ1) is 12.5. The van der Waals surface area contributed by atoms with Crippen LogP contribution in [0.3, 0.4) is 0 Å². The maximum absolute atomic E-state index is 12.4. The summed E-state index contributed by atoms with van der Waals surface area (Å²) in [5.74, 6) is -0.431. The number of hydrogen-bond acceptors (Lipinski definition) is 5. The summed E-state index contributed by atoms with van der Waals surface area (Å²) in [4.78, 5) is 24.5. The van der Waals surface area contributed by atoms with Crippen LogP contribution in [-0.4, -0.2) is 32.4 Å². The van der Waals surface area contributed by atoms with Crippen LogP contribution in [0, 0.1) is 11.8 Å². The van der Waals surface area contributed by atoms with E-state index in [-0.39, 0.29) is 21.5 Å². The standard InChI is InChI=1S/C18H25ClN2O5S/c1-10-5-4-6-16(11(10)2)21-17(22)12(3)26-18(23)14-9-13(27(20,24)25)7-8-15(14)19/h7-12,16H,4-6H2,1-3H3,(H,21,22)(H2,20,24,25)/t10-,11-,12-,16+/m0/s1. The van der Waals surface area contributed by atoms with Crippen molar-refractivity contribution in [2.75, 3.05) is 0 Å². The van der Waals surface area contributed by atoms with Gasteiger partial charge in [0, 0.05) is 6.04 Å². The Labute approximate surface area is 164 Å². The molecule has 1 aliphatic carbocycles. The molecule has 3 N–H and O–H groups in total. The number of esters is 1. The number of halogens is 1. The zero-order chi connectivity index (χ0) is 20.4. The van der Waals surface area contributed by atoms with Crippen molar-refractivity contribution in [2.24, 2.45) is 17.0 Å². The normalized spacial score (nSPS) is 24.1. The Morgan fingerprint density at radius 3 is 2.59 bits per heavy atom. The van der Waals surface area contributed by atoms with E-state index in [9.17, 15) is 18.0 Å². The second kappa shape index (κ2) is 8.58. The van der Waals surface area contributed by atoms with Crippen molar-refractivity contribution >= 4 is 33.5 Å². The zero-order valence-corrected chi connectivity index (χ0v) is 17.1. The molecule has 1 saturated carbocycles. The van der Waals surface area contributed by atoms with Crippen LogP contribution >= 0.6 is 11.6 Å². The van der Waals surface area contributed by atoms with Gasteiger partial charge in [-0.25, -0.2) is 18.4 Å². The Kier molecular flexibility index (Phi) is 6.88. The quantitative estimate of drug-likeness (QED) is 0.715. The van der Waals surface area contributed by atoms with Gasteiger partial charge in [-0.15, -0.1) is 0 Å². The lowest BCUT2D eigenvalue weighted by molar-refractivity contribution is -0.130. The highest BCUT2D eigenvalue weighted by atomic mass is 35.5. The molecular formula is C18H25ClN2O5S. The molecule has 0 bridgehead atoms. The molecule has 1 aliphatic rings.